The van der Waals surface area contributed by atoms with Crippen LogP contribution < -0.4 is 15.8 Å². The van der Waals surface area contributed by atoms with Crippen LogP contribution in [0.25, 0.3) is 0 Å². The standard InChI is InChI=1S/C26H34N2O3/c1-26(2,3)20-11-13-21(14-12-20)31-22-10-6-9-19(15-22)16-23(25(27)30)28-24(29)17-18-7-4-5-8-18/h6,9-15,18,23H,4-5,7-8,16-17H2,1-3H3,(H2,27,30)(H,28,29). The van der Waals surface area contributed by atoms with E-state index < -0.39 is 11.9 Å². The first kappa shape index (κ1) is 22.9. The first-order chi connectivity index (χ1) is 14.7. The Morgan fingerprint density at radius 1 is 1.06 bits per heavy atom. The number of nitrogens with one attached hydrogen (secondary N) is 1. The monoisotopic (exact) mass is 422 g/mol. The fraction of sp³-hybridized carbons (Fsp3) is 0.462. The number of benzene rings is 2. The van der Waals surface area contributed by atoms with Crippen molar-refractivity contribution in [1.29, 1.82) is 0 Å². The number of carbonyl (C=O) groups excluding carboxylic acids is 2. The lowest BCUT2D eigenvalue weighted by Crippen LogP contribution is -2.46. The molecule has 1 atom stereocenters. The predicted octanol–water partition coefficient (Wildman–Crippen LogP) is 4.87. The maximum Gasteiger partial charge on any atom is 0.240 e. The van der Waals surface area contributed by atoms with Crippen LogP contribution in [0.3, 0.4) is 0 Å². The summed E-state index contributed by atoms with van der Waals surface area (Å²) in [7, 11) is 0. The minimum Gasteiger partial charge on any atom is -0.457 e. The van der Waals surface area contributed by atoms with Crippen molar-refractivity contribution in [2.24, 2.45) is 11.7 Å². The Hall–Kier alpha value is -2.82. The second kappa shape index (κ2) is 9.99. The zero-order chi connectivity index (χ0) is 22.4. The molecule has 2 aromatic carbocycles. The van der Waals surface area contributed by atoms with Crippen molar-refractivity contribution in [1.82, 2.24) is 5.32 Å². The molecule has 0 radical (unpaired) electrons. The van der Waals surface area contributed by atoms with E-state index in [0.717, 1.165) is 24.2 Å². The number of nitrogens with two attached hydrogens (primary N) is 1. The summed E-state index contributed by atoms with van der Waals surface area (Å²) in [6.45, 7) is 6.52. The van der Waals surface area contributed by atoms with Gasteiger partial charge in [-0.15, -0.1) is 0 Å². The molecule has 31 heavy (non-hydrogen) atoms. The lowest BCUT2D eigenvalue weighted by molar-refractivity contribution is -0.127. The van der Waals surface area contributed by atoms with Gasteiger partial charge >= 0.3 is 0 Å². The molecule has 1 unspecified atom stereocenters. The van der Waals surface area contributed by atoms with Crippen LogP contribution in [0.5, 0.6) is 11.5 Å². The molecule has 0 heterocycles. The number of rotatable bonds is 8. The summed E-state index contributed by atoms with van der Waals surface area (Å²) in [6.07, 6.45) is 5.35. The second-order valence-electron chi connectivity index (χ2n) is 9.61. The van der Waals surface area contributed by atoms with E-state index in [9.17, 15) is 9.59 Å². The van der Waals surface area contributed by atoms with Gasteiger partial charge in [-0.3, -0.25) is 9.59 Å². The Balaban J connectivity index is 1.62. The number of hydrogen-bond acceptors (Lipinski definition) is 3. The van der Waals surface area contributed by atoms with Crippen LogP contribution in [-0.4, -0.2) is 17.9 Å². The minimum atomic E-state index is -0.727. The number of carbonyl (C=O) groups is 2. The smallest absolute Gasteiger partial charge is 0.240 e. The van der Waals surface area contributed by atoms with Crippen LogP contribution >= 0.6 is 0 Å². The van der Waals surface area contributed by atoms with Crippen LogP contribution in [0, 0.1) is 5.92 Å². The van der Waals surface area contributed by atoms with Crippen molar-refractivity contribution in [3.05, 3.63) is 59.7 Å². The maximum absolute atomic E-state index is 12.4. The topological polar surface area (TPSA) is 81.4 Å². The van der Waals surface area contributed by atoms with Crippen molar-refractivity contribution in [3.8, 4) is 11.5 Å². The molecule has 3 rings (SSSR count). The molecule has 0 spiro atoms. The van der Waals surface area contributed by atoms with Gasteiger partial charge in [0.25, 0.3) is 0 Å². The maximum atomic E-state index is 12.4. The van der Waals surface area contributed by atoms with Gasteiger partial charge in [-0.25, -0.2) is 0 Å². The molecule has 2 aromatic rings. The zero-order valence-electron chi connectivity index (χ0n) is 18.8. The summed E-state index contributed by atoms with van der Waals surface area (Å²) in [5, 5.41) is 2.83. The van der Waals surface area contributed by atoms with Gasteiger partial charge in [0.1, 0.15) is 17.5 Å². The average molecular weight is 423 g/mol. The first-order valence-electron chi connectivity index (χ1n) is 11.2. The summed E-state index contributed by atoms with van der Waals surface area (Å²) in [5.41, 5.74) is 7.78. The Labute approximate surface area is 185 Å². The van der Waals surface area contributed by atoms with Gasteiger partial charge in [0.2, 0.25) is 11.8 Å². The van der Waals surface area contributed by atoms with Gasteiger partial charge in [-0.1, -0.05) is 57.9 Å². The van der Waals surface area contributed by atoms with Crippen LogP contribution in [-0.2, 0) is 21.4 Å². The van der Waals surface area contributed by atoms with Gasteiger partial charge in [-0.2, -0.15) is 0 Å². The van der Waals surface area contributed by atoms with Gasteiger partial charge in [0, 0.05) is 12.8 Å². The Morgan fingerprint density at radius 2 is 1.74 bits per heavy atom. The predicted molar refractivity (Wildman–Crippen MR) is 123 cm³/mol. The largest absolute Gasteiger partial charge is 0.457 e. The van der Waals surface area contributed by atoms with Crippen molar-refractivity contribution in [3.63, 3.8) is 0 Å². The van der Waals surface area contributed by atoms with Crippen LogP contribution in [0.2, 0.25) is 0 Å². The van der Waals surface area contributed by atoms with Crippen LogP contribution in [0.4, 0.5) is 0 Å². The van der Waals surface area contributed by atoms with E-state index in [2.05, 4.69) is 38.2 Å². The third-order valence-electron chi connectivity index (χ3n) is 5.92. The van der Waals surface area contributed by atoms with E-state index in [1.54, 1.807) is 0 Å². The van der Waals surface area contributed by atoms with Crippen LogP contribution in [0.1, 0.15) is 64.0 Å². The molecule has 1 saturated carbocycles. The third-order valence-corrected chi connectivity index (χ3v) is 5.92. The van der Waals surface area contributed by atoms with E-state index in [-0.39, 0.29) is 11.3 Å². The fourth-order valence-electron chi connectivity index (χ4n) is 4.08. The second-order valence-corrected chi connectivity index (χ2v) is 9.61. The molecular weight excluding hydrogens is 388 g/mol. The highest BCUT2D eigenvalue weighted by Crippen LogP contribution is 2.28. The van der Waals surface area contributed by atoms with Crippen molar-refractivity contribution < 1.29 is 14.3 Å². The molecule has 0 saturated heterocycles. The fourth-order valence-corrected chi connectivity index (χ4v) is 4.08. The number of ether oxygens (including phenoxy) is 1. The molecule has 1 fully saturated rings. The Bertz CT molecular complexity index is 894. The van der Waals surface area contributed by atoms with E-state index in [0.29, 0.717) is 24.5 Å². The van der Waals surface area contributed by atoms with E-state index in [4.69, 9.17) is 10.5 Å². The zero-order valence-corrected chi connectivity index (χ0v) is 18.8. The Morgan fingerprint density at radius 3 is 2.35 bits per heavy atom. The summed E-state index contributed by atoms with van der Waals surface area (Å²) in [4.78, 5) is 24.3. The molecular formula is C26H34N2O3. The van der Waals surface area contributed by atoms with Crippen molar-refractivity contribution in [2.45, 2.75) is 70.8 Å². The molecule has 2 amide bonds. The molecule has 5 nitrogen and oxygen atoms in total. The highest BCUT2D eigenvalue weighted by Gasteiger charge is 2.23. The number of amides is 2. The Kier molecular flexibility index (Phi) is 7.37. The summed E-state index contributed by atoms with van der Waals surface area (Å²) >= 11 is 0. The van der Waals surface area contributed by atoms with E-state index >= 15 is 0 Å². The highest BCUT2D eigenvalue weighted by molar-refractivity contribution is 5.86. The van der Waals surface area contributed by atoms with E-state index in [1.807, 2.05) is 36.4 Å². The summed E-state index contributed by atoms with van der Waals surface area (Å²) in [6, 6.07) is 14.9. The van der Waals surface area contributed by atoms with Gasteiger partial charge in [0.15, 0.2) is 0 Å². The SMILES string of the molecule is CC(C)(C)c1ccc(Oc2cccc(CC(NC(=O)CC3CCCC3)C(N)=O)c2)cc1. The van der Waals surface area contributed by atoms with Crippen LogP contribution in [0.15, 0.2) is 48.5 Å². The molecule has 166 valence electrons. The molecule has 0 bridgehead atoms. The average Bonchev–Trinajstić information content (AvgIpc) is 3.20. The molecule has 1 aliphatic rings. The molecule has 0 aliphatic heterocycles. The van der Waals surface area contributed by atoms with Crippen molar-refractivity contribution in [2.75, 3.05) is 0 Å². The number of hydrogen-bond donors (Lipinski definition) is 2. The van der Waals surface area contributed by atoms with Crippen molar-refractivity contribution >= 4 is 11.8 Å². The molecule has 3 N–H and O–H groups in total. The van der Waals surface area contributed by atoms with Gasteiger partial charge < -0.3 is 15.8 Å². The minimum absolute atomic E-state index is 0.0877. The lowest BCUT2D eigenvalue weighted by atomic mass is 9.87. The van der Waals surface area contributed by atoms with Gasteiger partial charge in [-0.05, 0) is 59.6 Å². The van der Waals surface area contributed by atoms with Gasteiger partial charge in [0.05, 0.1) is 0 Å². The lowest BCUT2D eigenvalue weighted by Gasteiger charge is -2.19. The molecule has 0 aromatic heterocycles. The normalized spacial score (nSPS) is 15.5. The third kappa shape index (κ3) is 6.84. The summed E-state index contributed by atoms with van der Waals surface area (Å²) < 4.78 is 5.99. The molecule has 5 heteroatoms. The summed E-state index contributed by atoms with van der Waals surface area (Å²) in [5.74, 6) is 1.24. The first-order valence-corrected chi connectivity index (χ1v) is 11.2. The quantitative estimate of drug-likeness (QED) is 0.637. The highest BCUT2D eigenvalue weighted by atomic mass is 16.5. The van der Waals surface area contributed by atoms with E-state index in [1.165, 1.54) is 18.4 Å². The number of primary amides is 1. The molecule has 1 aliphatic carbocycles.